The Hall–Kier alpha value is -2.04. The zero-order chi connectivity index (χ0) is 14.1. The van der Waals surface area contributed by atoms with Gasteiger partial charge in [-0.15, -0.1) is 0 Å². The Morgan fingerprint density at radius 2 is 1.95 bits per heavy atom. The molecule has 4 nitrogen and oxygen atoms in total. The van der Waals surface area contributed by atoms with Crippen LogP contribution in [0, 0.1) is 0 Å². The lowest BCUT2D eigenvalue weighted by molar-refractivity contribution is 0.278. The van der Waals surface area contributed by atoms with Gasteiger partial charge in [0.2, 0.25) is 0 Å². The predicted octanol–water partition coefficient (Wildman–Crippen LogP) is 3.05. The minimum atomic E-state index is 0.00376. The number of phenols is 1. The fourth-order valence-electron chi connectivity index (χ4n) is 2.29. The lowest BCUT2D eigenvalue weighted by Gasteiger charge is -2.09. The standard InChI is InChI=1S/C15H13ClN2O2/c16-12-6-5-10(20)9-11(12)15-17-13-3-1-2-4-14(13)18(15)7-8-19/h1-6,9,19-20H,7-8H2. The van der Waals surface area contributed by atoms with E-state index in [1.165, 1.54) is 6.07 Å². The monoisotopic (exact) mass is 288 g/mol. The van der Waals surface area contributed by atoms with E-state index < -0.39 is 0 Å². The normalized spacial score (nSPS) is 11.1. The van der Waals surface area contributed by atoms with Gasteiger partial charge in [0.05, 0.1) is 22.7 Å². The summed E-state index contributed by atoms with van der Waals surface area (Å²) in [5.41, 5.74) is 2.41. The summed E-state index contributed by atoms with van der Waals surface area (Å²) in [4.78, 5) is 4.56. The van der Waals surface area contributed by atoms with E-state index in [0.29, 0.717) is 23.0 Å². The highest BCUT2D eigenvalue weighted by molar-refractivity contribution is 6.33. The number of imidazole rings is 1. The average Bonchev–Trinajstić information content (AvgIpc) is 2.81. The topological polar surface area (TPSA) is 58.3 Å². The van der Waals surface area contributed by atoms with Crippen molar-refractivity contribution in [2.24, 2.45) is 0 Å². The minimum Gasteiger partial charge on any atom is -0.508 e. The molecule has 0 radical (unpaired) electrons. The van der Waals surface area contributed by atoms with Gasteiger partial charge >= 0.3 is 0 Å². The molecule has 3 rings (SSSR count). The van der Waals surface area contributed by atoms with E-state index in [1.54, 1.807) is 12.1 Å². The molecule has 0 aliphatic rings. The summed E-state index contributed by atoms with van der Waals surface area (Å²) in [6.07, 6.45) is 0. The van der Waals surface area contributed by atoms with Crippen molar-refractivity contribution >= 4 is 22.6 Å². The SMILES string of the molecule is OCCn1c(-c2cc(O)ccc2Cl)nc2ccccc21. The molecule has 0 bridgehead atoms. The fraction of sp³-hybridized carbons (Fsp3) is 0.133. The summed E-state index contributed by atoms with van der Waals surface area (Å²) < 4.78 is 1.90. The lowest BCUT2D eigenvalue weighted by atomic mass is 10.2. The Morgan fingerprint density at radius 3 is 2.75 bits per heavy atom. The number of para-hydroxylation sites is 2. The Kier molecular flexibility index (Phi) is 3.34. The number of aliphatic hydroxyl groups is 1. The number of fused-ring (bicyclic) bond motifs is 1. The Balaban J connectivity index is 2.29. The summed E-state index contributed by atoms with van der Waals surface area (Å²) in [6.45, 7) is 0.422. The number of nitrogens with zero attached hydrogens (tertiary/aromatic N) is 2. The van der Waals surface area contributed by atoms with Crippen LogP contribution in [0.1, 0.15) is 0 Å². The molecule has 0 aliphatic heterocycles. The first-order valence-corrected chi connectivity index (χ1v) is 6.63. The summed E-state index contributed by atoms with van der Waals surface area (Å²) >= 11 is 6.20. The van der Waals surface area contributed by atoms with Gasteiger partial charge in [0, 0.05) is 12.1 Å². The molecular formula is C15H13ClN2O2. The molecule has 5 heteroatoms. The zero-order valence-electron chi connectivity index (χ0n) is 10.6. The van der Waals surface area contributed by atoms with Gasteiger partial charge < -0.3 is 14.8 Å². The van der Waals surface area contributed by atoms with Gasteiger partial charge in [-0.1, -0.05) is 23.7 Å². The Morgan fingerprint density at radius 1 is 1.15 bits per heavy atom. The highest BCUT2D eigenvalue weighted by Crippen LogP contribution is 2.32. The molecule has 20 heavy (non-hydrogen) atoms. The van der Waals surface area contributed by atoms with Gasteiger partial charge in [0.15, 0.2) is 0 Å². The number of aliphatic hydroxyl groups excluding tert-OH is 1. The van der Waals surface area contributed by atoms with Gasteiger partial charge in [0.1, 0.15) is 11.6 Å². The first-order chi connectivity index (χ1) is 9.70. The van der Waals surface area contributed by atoms with Crippen molar-refractivity contribution in [2.75, 3.05) is 6.61 Å². The van der Waals surface area contributed by atoms with E-state index >= 15 is 0 Å². The maximum absolute atomic E-state index is 9.65. The Labute approximate surface area is 120 Å². The molecule has 1 aromatic heterocycles. The number of hydrogen-bond acceptors (Lipinski definition) is 3. The van der Waals surface area contributed by atoms with Crippen molar-refractivity contribution in [3.8, 4) is 17.1 Å². The van der Waals surface area contributed by atoms with Crippen LogP contribution in [0.15, 0.2) is 42.5 Å². The molecule has 1 heterocycles. The van der Waals surface area contributed by atoms with Crippen molar-refractivity contribution in [2.45, 2.75) is 6.54 Å². The molecule has 0 fully saturated rings. The first-order valence-electron chi connectivity index (χ1n) is 6.25. The molecular weight excluding hydrogens is 276 g/mol. The minimum absolute atomic E-state index is 0.00376. The van der Waals surface area contributed by atoms with Crippen LogP contribution in [0.5, 0.6) is 5.75 Å². The third-order valence-electron chi connectivity index (χ3n) is 3.17. The summed E-state index contributed by atoms with van der Waals surface area (Å²) in [6, 6.07) is 12.4. The van der Waals surface area contributed by atoms with Gasteiger partial charge in [-0.05, 0) is 30.3 Å². The van der Waals surface area contributed by atoms with Crippen LogP contribution in [-0.2, 0) is 6.54 Å². The second-order valence-corrected chi connectivity index (χ2v) is 4.87. The van der Waals surface area contributed by atoms with Crippen LogP contribution in [0.4, 0.5) is 0 Å². The number of aromatic nitrogens is 2. The number of rotatable bonds is 3. The fourth-order valence-corrected chi connectivity index (χ4v) is 2.49. The highest BCUT2D eigenvalue weighted by atomic mass is 35.5. The molecule has 2 N–H and O–H groups in total. The summed E-state index contributed by atoms with van der Waals surface area (Å²) in [5, 5.41) is 19.4. The highest BCUT2D eigenvalue weighted by Gasteiger charge is 2.15. The van der Waals surface area contributed by atoms with Gasteiger partial charge in [-0.3, -0.25) is 0 Å². The number of hydrogen-bond donors (Lipinski definition) is 2. The lowest BCUT2D eigenvalue weighted by Crippen LogP contribution is -2.04. The second kappa shape index (κ2) is 5.15. The quantitative estimate of drug-likeness (QED) is 0.779. The van der Waals surface area contributed by atoms with Crippen LogP contribution in [0.2, 0.25) is 5.02 Å². The molecule has 0 atom stereocenters. The van der Waals surface area contributed by atoms with Crippen LogP contribution < -0.4 is 0 Å². The number of halogens is 1. The van der Waals surface area contributed by atoms with Crippen molar-refractivity contribution < 1.29 is 10.2 Å². The van der Waals surface area contributed by atoms with Crippen molar-refractivity contribution in [1.82, 2.24) is 9.55 Å². The molecule has 2 aromatic carbocycles. The first kappa shape index (κ1) is 13.0. The van der Waals surface area contributed by atoms with Gasteiger partial charge in [-0.25, -0.2) is 4.98 Å². The van der Waals surface area contributed by atoms with Gasteiger partial charge in [0.25, 0.3) is 0 Å². The predicted molar refractivity (Wildman–Crippen MR) is 78.9 cm³/mol. The molecule has 0 unspecified atom stereocenters. The maximum Gasteiger partial charge on any atom is 0.142 e. The van der Waals surface area contributed by atoms with Crippen LogP contribution in [0.3, 0.4) is 0 Å². The van der Waals surface area contributed by atoms with E-state index in [9.17, 15) is 10.2 Å². The number of phenolic OH excluding ortho intramolecular Hbond substituents is 1. The van der Waals surface area contributed by atoms with Crippen LogP contribution in [0.25, 0.3) is 22.4 Å². The van der Waals surface area contributed by atoms with Crippen LogP contribution in [-0.4, -0.2) is 26.4 Å². The largest absolute Gasteiger partial charge is 0.508 e. The van der Waals surface area contributed by atoms with E-state index in [1.807, 2.05) is 28.8 Å². The van der Waals surface area contributed by atoms with Crippen molar-refractivity contribution in [3.63, 3.8) is 0 Å². The van der Waals surface area contributed by atoms with E-state index in [4.69, 9.17) is 11.6 Å². The van der Waals surface area contributed by atoms with Crippen molar-refractivity contribution in [3.05, 3.63) is 47.5 Å². The molecule has 102 valence electrons. The van der Waals surface area contributed by atoms with E-state index in [2.05, 4.69) is 4.98 Å². The average molecular weight is 289 g/mol. The molecule has 0 aliphatic carbocycles. The van der Waals surface area contributed by atoms with Crippen LogP contribution >= 0.6 is 11.6 Å². The number of aromatic hydroxyl groups is 1. The maximum atomic E-state index is 9.65. The smallest absolute Gasteiger partial charge is 0.142 e. The van der Waals surface area contributed by atoms with Gasteiger partial charge in [-0.2, -0.15) is 0 Å². The second-order valence-electron chi connectivity index (χ2n) is 4.46. The molecule has 0 saturated carbocycles. The zero-order valence-corrected chi connectivity index (χ0v) is 11.4. The summed E-state index contributed by atoms with van der Waals surface area (Å²) in [5.74, 6) is 0.771. The van der Waals surface area contributed by atoms with E-state index in [-0.39, 0.29) is 12.4 Å². The summed E-state index contributed by atoms with van der Waals surface area (Å²) in [7, 11) is 0. The molecule has 3 aromatic rings. The van der Waals surface area contributed by atoms with E-state index in [0.717, 1.165) is 11.0 Å². The third-order valence-corrected chi connectivity index (χ3v) is 3.50. The van der Waals surface area contributed by atoms with Crippen molar-refractivity contribution in [1.29, 1.82) is 0 Å². The molecule has 0 spiro atoms. The Bertz CT molecular complexity index is 768. The molecule has 0 amide bonds. The third kappa shape index (κ3) is 2.13. The molecule has 0 saturated heterocycles. The number of benzene rings is 2.